The molecule has 0 atom stereocenters. The van der Waals surface area contributed by atoms with Gasteiger partial charge in [0.05, 0.1) is 0 Å². The lowest BCUT2D eigenvalue weighted by Gasteiger charge is -2.08. The van der Waals surface area contributed by atoms with E-state index in [1.165, 1.54) is 0 Å². The van der Waals surface area contributed by atoms with E-state index in [1.54, 1.807) is 24.3 Å². The molecule has 4 heteroatoms. The predicted octanol–water partition coefficient (Wildman–Crippen LogP) is 4.06. The maximum absolute atomic E-state index is 5.37. The molecule has 0 saturated heterocycles. The van der Waals surface area contributed by atoms with Gasteiger partial charge in [0.15, 0.2) is 0 Å². The van der Waals surface area contributed by atoms with Crippen molar-refractivity contribution < 1.29 is 0 Å². The second kappa shape index (κ2) is 9.79. The Kier molecular flexibility index (Phi) is 7.02. The first-order valence-corrected chi connectivity index (χ1v) is 7.93. The van der Waals surface area contributed by atoms with E-state index in [9.17, 15) is 0 Å². The summed E-state index contributed by atoms with van der Waals surface area (Å²) >= 11 is 0. The van der Waals surface area contributed by atoms with Gasteiger partial charge in [0, 0.05) is 35.8 Å². The molecule has 0 radical (unpaired) electrons. The number of nitrogens with two attached hydrogens (primary N) is 2. The SMILES string of the molecule is Nc1ccc(N)cc1.c1ccc(NCCNc2ccccc2)cc1. The van der Waals surface area contributed by atoms with Gasteiger partial charge in [-0.05, 0) is 48.5 Å². The molecule has 124 valence electrons. The maximum atomic E-state index is 5.37. The maximum Gasteiger partial charge on any atom is 0.0340 e. The van der Waals surface area contributed by atoms with Crippen molar-refractivity contribution in [2.45, 2.75) is 0 Å². The molecule has 0 aliphatic rings. The highest BCUT2D eigenvalue weighted by Gasteiger charge is 1.90. The highest BCUT2D eigenvalue weighted by molar-refractivity contribution is 5.48. The van der Waals surface area contributed by atoms with Crippen LogP contribution in [0.2, 0.25) is 0 Å². The Morgan fingerprint density at radius 1 is 0.500 bits per heavy atom. The molecule has 0 aromatic heterocycles. The molecule has 3 rings (SSSR count). The zero-order valence-corrected chi connectivity index (χ0v) is 13.7. The molecule has 0 fully saturated rings. The van der Waals surface area contributed by atoms with E-state index in [0.29, 0.717) is 0 Å². The van der Waals surface area contributed by atoms with Crippen LogP contribution in [0.3, 0.4) is 0 Å². The summed E-state index contributed by atoms with van der Waals surface area (Å²) in [5.41, 5.74) is 14.6. The Labute approximate surface area is 143 Å². The van der Waals surface area contributed by atoms with Crippen molar-refractivity contribution >= 4 is 22.7 Å². The quantitative estimate of drug-likeness (QED) is 0.422. The fourth-order valence-corrected chi connectivity index (χ4v) is 2.02. The van der Waals surface area contributed by atoms with Crippen LogP contribution in [0.1, 0.15) is 0 Å². The highest BCUT2D eigenvalue weighted by Crippen LogP contribution is 2.06. The molecule has 3 aromatic carbocycles. The smallest absolute Gasteiger partial charge is 0.0340 e. The zero-order chi connectivity index (χ0) is 17.0. The molecule has 6 N–H and O–H groups in total. The Balaban J connectivity index is 0.000000219. The van der Waals surface area contributed by atoms with Crippen LogP contribution in [-0.2, 0) is 0 Å². The van der Waals surface area contributed by atoms with E-state index in [-0.39, 0.29) is 0 Å². The Bertz CT molecular complexity index is 619. The minimum atomic E-state index is 0.749. The van der Waals surface area contributed by atoms with Crippen LogP contribution in [0.15, 0.2) is 84.9 Å². The normalized spacial score (nSPS) is 9.50. The van der Waals surface area contributed by atoms with Crippen LogP contribution in [0.5, 0.6) is 0 Å². The van der Waals surface area contributed by atoms with Gasteiger partial charge in [-0.2, -0.15) is 0 Å². The van der Waals surface area contributed by atoms with Crippen molar-refractivity contribution in [1.82, 2.24) is 0 Å². The number of para-hydroxylation sites is 2. The molecule has 0 unspecified atom stereocenters. The summed E-state index contributed by atoms with van der Waals surface area (Å²) in [5.74, 6) is 0. The summed E-state index contributed by atoms with van der Waals surface area (Å²) in [6, 6.07) is 27.6. The van der Waals surface area contributed by atoms with Crippen LogP contribution in [0.25, 0.3) is 0 Å². The zero-order valence-electron chi connectivity index (χ0n) is 13.7. The number of hydrogen-bond acceptors (Lipinski definition) is 4. The summed E-state index contributed by atoms with van der Waals surface area (Å²) < 4.78 is 0. The molecule has 0 bridgehead atoms. The summed E-state index contributed by atoms with van der Waals surface area (Å²) in [6.45, 7) is 1.83. The van der Waals surface area contributed by atoms with Crippen LogP contribution in [0.4, 0.5) is 22.7 Å². The first kappa shape index (κ1) is 17.2. The topological polar surface area (TPSA) is 76.1 Å². The Morgan fingerprint density at radius 2 is 0.833 bits per heavy atom. The van der Waals surface area contributed by atoms with Crippen LogP contribution in [-0.4, -0.2) is 13.1 Å². The van der Waals surface area contributed by atoms with Crippen molar-refractivity contribution in [1.29, 1.82) is 0 Å². The second-order valence-corrected chi connectivity index (χ2v) is 5.25. The van der Waals surface area contributed by atoms with Crippen molar-refractivity contribution in [3.05, 3.63) is 84.9 Å². The van der Waals surface area contributed by atoms with Crippen LogP contribution in [0, 0.1) is 0 Å². The minimum absolute atomic E-state index is 0.749. The number of rotatable bonds is 5. The fraction of sp³-hybridized carbons (Fsp3) is 0.100. The average Bonchev–Trinajstić information content (AvgIpc) is 2.64. The first-order chi connectivity index (χ1) is 11.7. The number of benzene rings is 3. The molecular weight excluding hydrogens is 296 g/mol. The molecular formula is C20H24N4. The van der Waals surface area contributed by atoms with E-state index >= 15 is 0 Å². The third kappa shape index (κ3) is 6.75. The van der Waals surface area contributed by atoms with Crippen LogP contribution >= 0.6 is 0 Å². The van der Waals surface area contributed by atoms with Gasteiger partial charge in [-0.15, -0.1) is 0 Å². The van der Waals surface area contributed by atoms with E-state index in [4.69, 9.17) is 11.5 Å². The monoisotopic (exact) mass is 320 g/mol. The second-order valence-electron chi connectivity index (χ2n) is 5.25. The van der Waals surface area contributed by atoms with Crippen molar-refractivity contribution in [3.8, 4) is 0 Å². The number of nitrogens with one attached hydrogen (secondary N) is 2. The number of anilines is 4. The first-order valence-electron chi connectivity index (χ1n) is 7.93. The molecule has 0 saturated carbocycles. The lowest BCUT2D eigenvalue weighted by molar-refractivity contribution is 1.08. The molecule has 0 amide bonds. The molecule has 4 nitrogen and oxygen atoms in total. The summed E-state index contributed by atoms with van der Waals surface area (Å²) in [4.78, 5) is 0. The molecule has 0 heterocycles. The van der Waals surface area contributed by atoms with Crippen molar-refractivity contribution in [2.75, 3.05) is 35.2 Å². The highest BCUT2D eigenvalue weighted by atomic mass is 14.9. The fourth-order valence-electron chi connectivity index (χ4n) is 2.02. The third-order valence-corrected chi connectivity index (χ3v) is 3.27. The van der Waals surface area contributed by atoms with Gasteiger partial charge in [0.2, 0.25) is 0 Å². The van der Waals surface area contributed by atoms with Gasteiger partial charge in [-0.25, -0.2) is 0 Å². The molecule has 24 heavy (non-hydrogen) atoms. The van der Waals surface area contributed by atoms with Crippen LogP contribution < -0.4 is 22.1 Å². The van der Waals surface area contributed by atoms with Gasteiger partial charge in [-0.1, -0.05) is 36.4 Å². The van der Waals surface area contributed by atoms with Gasteiger partial charge in [0.1, 0.15) is 0 Å². The summed E-state index contributed by atoms with van der Waals surface area (Å²) in [6.07, 6.45) is 0. The van der Waals surface area contributed by atoms with E-state index in [0.717, 1.165) is 35.8 Å². The van der Waals surface area contributed by atoms with Gasteiger partial charge >= 0.3 is 0 Å². The van der Waals surface area contributed by atoms with Gasteiger partial charge in [0.25, 0.3) is 0 Å². The van der Waals surface area contributed by atoms with E-state index < -0.39 is 0 Å². The van der Waals surface area contributed by atoms with E-state index in [1.807, 2.05) is 36.4 Å². The van der Waals surface area contributed by atoms with E-state index in [2.05, 4.69) is 34.9 Å². The molecule has 3 aromatic rings. The van der Waals surface area contributed by atoms with Crippen molar-refractivity contribution in [2.24, 2.45) is 0 Å². The Morgan fingerprint density at radius 3 is 1.17 bits per heavy atom. The molecule has 0 aliphatic carbocycles. The molecule has 0 spiro atoms. The molecule has 0 aliphatic heterocycles. The minimum Gasteiger partial charge on any atom is -0.399 e. The summed E-state index contributed by atoms with van der Waals surface area (Å²) in [5, 5.41) is 6.70. The lowest BCUT2D eigenvalue weighted by atomic mass is 10.3. The van der Waals surface area contributed by atoms with Gasteiger partial charge in [-0.3, -0.25) is 0 Å². The largest absolute Gasteiger partial charge is 0.399 e. The average molecular weight is 320 g/mol. The number of nitrogen functional groups attached to an aromatic ring is 2. The number of hydrogen-bond donors (Lipinski definition) is 4. The third-order valence-electron chi connectivity index (χ3n) is 3.27. The van der Waals surface area contributed by atoms with Crippen molar-refractivity contribution in [3.63, 3.8) is 0 Å². The van der Waals surface area contributed by atoms with Gasteiger partial charge < -0.3 is 22.1 Å². The standard InChI is InChI=1S/C14H16N2.C6H8N2/c1-3-7-13(8-4-1)15-11-12-16-14-9-5-2-6-10-14;7-5-1-2-6(8)4-3-5/h1-10,15-16H,11-12H2;1-4H,7-8H2. The summed E-state index contributed by atoms with van der Waals surface area (Å²) in [7, 11) is 0. The Hall–Kier alpha value is -3.14. The lowest BCUT2D eigenvalue weighted by Crippen LogP contribution is -2.13. The predicted molar refractivity (Wildman–Crippen MR) is 105 cm³/mol.